The molecule has 2 unspecified atom stereocenters. The molecule has 3 amide bonds. The number of benzene rings is 1. The Labute approximate surface area is 251 Å². The number of pyridine rings is 1. The van der Waals surface area contributed by atoms with Crippen molar-refractivity contribution in [2.24, 2.45) is 22.6 Å². The van der Waals surface area contributed by atoms with Crippen LogP contribution in [0.25, 0.3) is 5.57 Å². The van der Waals surface area contributed by atoms with E-state index in [9.17, 15) is 19.5 Å². The number of anilines is 1. The summed E-state index contributed by atoms with van der Waals surface area (Å²) in [6.45, 7) is 4.63. The number of hydrogen-bond donors (Lipinski definition) is 5. The van der Waals surface area contributed by atoms with E-state index in [0.29, 0.717) is 23.0 Å². The van der Waals surface area contributed by atoms with Crippen molar-refractivity contribution < 1.29 is 19.5 Å². The number of nitrogens with two attached hydrogens (primary N) is 1. The number of aromatic nitrogens is 1. The third kappa shape index (κ3) is 6.05. The number of aliphatic imine (C=N–C) groups is 1. The fourth-order valence-electron chi connectivity index (χ4n) is 6.44. The standard InChI is InChI=1S/C32H39N7O4/c1-18-3-2-4-26(37-18)25(29(33)20-9-11-34-12-10-20)17-36-22-13-19(14-22)16-35-21-5-6-23-24(15-21)32(43)39(31(23)42)27-7-8-28(40)38-30(27)41/h2-6,15,17,19-20,22,27-28,34-35,40H,7-14,16,33H2,1H3,(H,38,41). The van der Waals surface area contributed by atoms with Gasteiger partial charge in [0, 0.05) is 41.3 Å². The van der Waals surface area contributed by atoms with Gasteiger partial charge < -0.3 is 26.8 Å². The Morgan fingerprint density at radius 2 is 1.86 bits per heavy atom. The first-order chi connectivity index (χ1) is 20.8. The third-order valence-electron chi connectivity index (χ3n) is 9.03. The summed E-state index contributed by atoms with van der Waals surface area (Å²) >= 11 is 0. The maximum atomic E-state index is 13.1. The highest BCUT2D eigenvalue weighted by Gasteiger charge is 2.44. The SMILES string of the molecule is Cc1cccc(C(C=NC2CC(CNc3ccc4c(c3)C(=O)N(C3CCC(O)NC3=O)C4=O)C2)=C(N)C2CCNCC2)n1. The molecule has 0 bridgehead atoms. The molecule has 3 fully saturated rings. The molecule has 1 saturated carbocycles. The van der Waals surface area contributed by atoms with Gasteiger partial charge in [0.05, 0.1) is 22.9 Å². The first-order valence-electron chi connectivity index (χ1n) is 15.2. The van der Waals surface area contributed by atoms with E-state index < -0.39 is 30.0 Å². The second-order valence-electron chi connectivity index (χ2n) is 12.1. The number of fused-ring (bicyclic) bond motifs is 1. The quantitative estimate of drug-likeness (QED) is 0.233. The molecule has 2 aromatic rings. The highest BCUT2D eigenvalue weighted by molar-refractivity contribution is 6.23. The van der Waals surface area contributed by atoms with E-state index >= 15 is 0 Å². The summed E-state index contributed by atoms with van der Waals surface area (Å²) in [6, 6.07) is 10.4. The Morgan fingerprint density at radius 3 is 2.60 bits per heavy atom. The van der Waals surface area contributed by atoms with Crippen LogP contribution in [-0.2, 0) is 4.79 Å². The molecule has 1 aromatic heterocycles. The van der Waals surface area contributed by atoms with Gasteiger partial charge in [-0.25, -0.2) is 0 Å². The maximum Gasteiger partial charge on any atom is 0.262 e. The minimum absolute atomic E-state index is 0.209. The number of piperidine rings is 2. The van der Waals surface area contributed by atoms with Crippen LogP contribution in [0.2, 0.25) is 0 Å². The number of imide groups is 1. The summed E-state index contributed by atoms with van der Waals surface area (Å²) in [7, 11) is 0. The zero-order chi connectivity index (χ0) is 30.1. The van der Waals surface area contributed by atoms with Crippen molar-refractivity contribution in [1.29, 1.82) is 0 Å². The predicted molar refractivity (Wildman–Crippen MR) is 163 cm³/mol. The molecule has 6 rings (SSSR count). The fraction of sp³-hybridized carbons (Fsp3) is 0.469. The molecule has 11 nitrogen and oxygen atoms in total. The predicted octanol–water partition coefficient (Wildman–Crippen LogP) is 2.21. The molecule has 226 valence electrons. The molecule has 11 heteroatoms. The van der Waals surface area contributed by atoms with Gasteiger partial charge in [-0.05, 0) is 94.8 Å². The number of carbonyl (C=O) groups is 3. The van der Waals surface area contributed by atoms with Gasteiger partial charge in [-0.3, -0.25) is 29.3 Å². The molecule has 1 aliphatic carbocycles. The number of allylic oxidation sites excluding steroid dienone is 2. The molecular weight excluding hydrogens is 546 g/mol. The largest absolute Gasteiger partial charge is 0.401 e. The molecular formula is C32H39N7O4. The van der Waals surface area contributed by atoms with Gasteiger partial charge in [-0.1, -0.05) is 6.07 Å². The average molecular weight is 586 g/mol. The van der Waals surface area contributed by atoms with Gasteiger partial charge in [0.2, 0.25) is 5.91 Å². The number of aryl methyl sites for hydroxylation is 1. The summed E-state index contributed by atoms with van der Waals surface area (Å²) in [5.41, 5.74) is 11.6. The highest BCUT2D eigenvalue weighted by Crippen LogP contribution is 2.33. The van der Waals surface area contributed by atoms with Crippen LogP contribution in [0.1, 0.15) is 70.6 Å². The van der Waals surface area contributed by atoms with Crippen LogP contribution in [0.4, 0.5) is 5.69 Å². The van der Waals surface area contributed by atoms with Gasteiger partial charge in [-0.2, -0.15) is 0 Å². The van der Waals surface area contributed by atoms with Crippen LogP contribution >= 0.6 is 0 Å². The molecule has 2 saturated heterocycles. The summed E-state index contributed by atoms with van der Waals surface area (Å²) < 4.78 is 0. The Morgan fingerprint density at radius 1 is 1.09 bits per heavy atom. The number of carbonyl (C=O) groups excluding carboxylic acids is 3. The molecule has 4 aliphatic rings. The molecule has 0 spiro atoms. The van der Waals surface area contributed by atoms with Crippen LogP contribution in [-0.4, -0.2) is 76.9 Å². The molecule has 4 heterocycles. The smallest absolute Gasteiger partial charge is 0.262 e. The van der Waals surface area contributed by atoms with Crippen molar-refractivity contribution in [3.05, 3.63) is 64.6 Å². The van der Waals surface area contributed by atoms with E-state index in [1.165, 1.54) is 0 Å². The van der Waals surface area contributed by atoms with E-state index in [-0.39, 0.29) is 18.9 Å². The van der Waals surface area contributed by atoms with Gasteiger partial charge in [0.15, 0.2) is 0 Å². The van der Waals surface area contributed by atoms with E-state index in [1.54, 1.807) is 18.2 Å². The lowest BCUT2D eigenvalue weighted by Crippen LogP contribution is -2.55. The first-order valence-corrected chi connectivity index (χ1v) is 15.2. The Hall–Kier alpha value is -4.09. The van der Waals surface area contributed by atoms with Crippen molar-refractivity contribution >= 4 is 35.2 Å². The number of nitrogens with one attached hydrogen (secondary N) is 3. The second kappa shape index (κ2) is 12.3. The molecule has 1 aromatic carbocycles. The monoisotopic (exact) mass is 585 g/mol. The third-order valence-corrected chi connectivity index (χ3v) is 9.03. The summed E-state index contributed by atoms with van der Waals surface area (Å²) in [6.07, 6.45) is 5.38. The number of rotatable bonds is 8. The molecule has 43 heavy (non-hydrogen) atoms. The lowest BCUT2D eigenvalue weighted by atomic mass is 9.80. The first kappa shape index (κ1) is 29.0. The molecule has 2 atom stereocenters. The van der Waals surface area contributed by atoms with Crippen molar-refractivity contribution in [3.63, 3.8) is 0 Å². The second-order valence-corrected chi connectivity index (χ2v) is 12.1. The molecule has 6 N–H and O–H groups in total. The topological polar surface area (TPSA) is 162 Å². The van der Waals surface area contributed by atoms with Gasteiger partial charge in [0.25, 0.3) is 11.8 Å². The van der Waals surface area contributed by atoms with E-state index in [2.05, 4.69) is 16.0 Å². The van der Waals surface area contributed by atoms with Crippen molar-refractivity contribution in [3.8, 4) is 0 Å². The van der Waals surface area contributed by atoms with Crippen LogP contribution in [0.5, 0.6) is 0 Å². The Kier molecular flexibility index (Phi) is 8.27. The van der Waals surface area contributed by atoms with Crippen LogP contribution in [0.15, 0.2) is 47.1 Å². The van der Waals surface area contributed by atoms with Crippen molar-refractivity contribution in [1.82, 2.24) is 20.5 Å². The zero-order valence-electron chi connectivity index (χ0n) is 24.4. The number of aliphatic hydroxyl groups is 1. The maximum absolute atomic E-state index is 13.1. The van der Waals surface area contributed by atoms with E-state index in [0.717, 1.165) is 78.6 Å². The minimum atomic E-state index is -0.951. The van der Waals surface area contributed by atoms with Crippen LogP contribution < -0.4 is 21.7 Å². The summed E-state index contributed by atoms with van der Waals surface area (Å²) in [5, 5.41) is 18.9. The number of amides is 3. The number of nitrogens with zero attached hydrogens (tertiary/aromatic N) is 3. The average Bonchev–Trinajstić information content (AvgIpc) is 3.22. The Balaban J connectivity index is 1.06. The Bertz CT molecular complexity index is 1480. The lowest BCUT2D eigenvalue weighted by molar-refractivity contribution is -0.131. The van der Waals surface area contributed by atoms with Crippen LogP contribution in [0.3, 0.4) is 0 Å². The molecule has 0 radical (unpaired) electrons. The fourth-order valence-corrected chi connectivity index (χ4v) is 6.44. The van der Waals surface area contributed by atoms with Crippen LogP contribution in [0, 0.1) is 18.8 Å². The summed E-state index contributed by atoms with van der Waals surface area (Å²) in [4.78, 5) is 49.1. The lowest BCUT2D eigenvalue weighted by Gasteiger charge is -2.33. The number of aliphatic hydroxyl groups excluding tert-OH is 1. The van der Waals surface area contributed by atoms with Gasteiger partial charge >= 0.3 is 0 Å². The number of hydrogen-bond acceptors (Lipinski definition) is 9. The van der Waals surface area contributed by atoms with Gasteiger partial charge in [0.1, 0.15) is 12.3 Å². The van der Waals surface area contributed by atoms with Crippen molar-refractivity contribution in [2.45, 2.75) is 63.8 Å². The van der Waals surface area contributed by atoms with Crippen molar-refractivity contribution in [2.75, 3.05) is 25.0 Å². The highest BCUT2D eigenvalue weighted by atomic mass is 16.3. The van der Waals surface area contributed by atoms with Gasteiger partial charge in [-0.15, -0.1) is 0 Å². The normalized spacial score (nSPS) is 26.7. The summed E-state index contributed by atoms with van der Waals surface area (Å²) in [5.74, 6) is -0.724. The zero-order valence-corrected chi connectivity index (χ0v) is 24.4. The minimum Gasteiger partial charge on any atom is -0.401 e. The molecule has 3 aliphatic heterocycles. The van der Waals surface area contributed by atoms with E-state index in [1.807, 2.05) is 31.3 Å². The van der Waals surface area contributed by atoms with E-state index in [4.69, 9.17) is 15.7 Å².